The van der Waals surface area contributed by atoms with Gasteiger partial charge in [0.25, 0.3) is 0 Å². The van der Waals surface area contributed by atoms with Crippen LogP contribution in [-0.4, -0.2) is 43.3 Å². The molecule has 0 bridgehead atoms. The minimum Gasteiger partial charge on any atom is -0.464 e. The molecule has 1 unspecified atom stereocenters. The molecule has 0 fully saturated rings. The molecule has 2 heterocycles. The lowest BCUT2D eigenvalue weighted by Crippen LogP contribution is -2.15. The van der Waals surface area contributed by atoms with E-state index in [1.54, 1.807) is 4.57 Å². The van der Waals surface area contributed by atoms with Crippen molar-refractivity contribution < 1.29 is 9.53 Å². The van der Waals surface area contributed by atoms with Crippen LogP contribution in [0.3, 0.4) is 0 Å². The van der Waals surface area contributed by atoms with Gasteiger partial charge in [-0.25, -0.2) is 9.78 Å². The molecule has 0 aliphatic rings. The van der Waals surface area contributed by atoms with Crippen molar-refractivity contribution >= 4 is 11.8 Å². The number of ether oxygens (including phenoxy) is 1. The molecule has 0 aromatic carbocycles. The normalized spacial score (nSPS) is 12.4. The summed E-state index contributed by atoms with van der Waals surface area (Å²) in [7, 11) is 1.29. The summed E-state index contributed by atoms with van der Waals surface area (Å²) in [6.07, 6.45) is 0.614. The summed E-state index contributed by atoms with van der Waals surface area (Å²) in [5.74, 6) is 0.803. The number of aromatic nitrogens is 6. The van der Waals surface area contributed by atoms with E-state index in [-0.39, 0.29) is 17.6 Å². The average Bonchev–Trinajstić information content (AvgIpc) is 3.04. The summed E-state index contributed by atoms with van der Waals surface area (Å²) < 4.78 is 6.36. The number of anilines is 1. The van der Waals surface area contributed by atoms with Crippen molar-refractivity contribution in [2.24, 2.45) is 0 Å². The Labute approximate surface area is 109 Å². The zero-order chi connectivity index (χ0) is 14.0. The van der Waals surface area contributed by atoms with E-state index in [1.807, 2.05) is 13.8 Å². The molecule has 0 amide bonds. The summed E-state index contributed by atoms with van der Waals surface area (Å²) in [6, 6.07) is -0.278. The number of nitrogens with two attached hydrogens (primary N) is 1. The number of nitrogens with one attached hydrogen (secondary N) is 1. The molecule has 0 aliphatic carbocycles. The molecule has 0 saturated carbocycles. The highest BCUT2D eigenvalue weighted by Gasteiger charge is 2.25. The number of hydrogen-bond acceptors (Lipinski definition) is 7. The van der Waals surface area contributed by atoms with Gasteiger partial charge >= 0.3 is 5.97 Å². The van der Waals surface area contributed by atoms with Gasteiger partial charge in [-0.3, -0.25) is 0 Å². The molecule has 1 atom stereocenters. The topological polar surface area (TPSA) is 125 Å². The Balaban J connectivity index is 2.50. The van der Waals surface area contributed by atoms with Crippen molar-refractivity contribution in [2.75, 3.05) is 12.8 Å². The fourth-order valence-corrected chi connectivity index (χ4v) is 1.88. The number of rotatable bonds is 4. The zero-order valence-electron chi connectivity index (χ0n) is 10.9. The number of imidazole rings is 1. The third kappa shape index (κ3) is 2.14. The molecule has 19 heavy (non-hydrogen) atoms. The van der Waals surface area contributed by atoms with Crippen LogP contribution in [0.15, 0.2) is 0 Å². The van der Waals surface area contributed by atoms with Crippen LogP contribution in [0.5, 0.6) is 0 Å². The first-order valence-electron chi connectivity index (χ1n) is 5.78. The summed E-state index contributed by atoms with van der Waals surface area (Å²) in [5, 5.41) is 13.7. The summed E-state index contributed by atoms with van der Waals surface area (Å²) in [5.41, 5.74) is 6.08. The van der Waals surface area contributed by atoms with Crippen molar-refractivity contribution in [3.63, 3.8) is 0 Å². The van der Waals surface area contributed by atoms with Crippen LogP contribution in [0.2, 0.25) is 0 Å². The van der Waals surface area contributed by atoms with E-state index in [0.717, 1.165) is 0 Å². The highest BCUT2D eigenvalue weighted by Crippen LogP contribution is 2.24. The fourth-order valence-electron chi connectivity index (χ4n) is 1.88. The lowest BCUT2D eigenvalue weighted by atomic mass is 10.3. The van der Waals surface area contributed by atoms with Crippen molar-refractivity contribution in [3.05, 3.63) is 17.3 Å². The fraction of sp³-hybridized carbons (Fsp3) is 0.500. The van der Waals surface area contributed by atoms with E-state index in [9.17, 15) is 4.79 Å². The first kappa shape index (κ1) is 13.0. The highest BCUT2D eigenvalue weighted by molar-refractivity contribution is 5.92. The molecule has 102 valence electrons. The molecule has 3 N–H and O–H groups in total. The maximum absolute atomic E-state index is 11.6. The lowest BCUT2D eigenvalue weighted by Gasteiger charge is -2.13. The maximum atomic E-state index is 11.6. The minimum absolute atomic E-state index is 0.106. The highest BCUT2D eigenvalue weighted by atomic mass is 16.5. The Kier molecular flexibility index (Phi) is 3.45. The first-order chi connectivity index (χ1) is 9.10. The predicted molar refractivity (Wildman–Crippen MR) is 65.3 cm³/mol. The van der Waals surface area contributed by atoms with Crippen molar-refractivity contribution in [2.45, 2.75) is 26.3 Å². The molecule has 0 radical (unpaired) electrons. The summed E-state index contributed by atoms with van der Waals surface area (Å²) >= 11 is 0. The van der Waals surface area contributed by atoms with E-state index in [4.69, 9.17) is 5.73 Å². The number of aryl methyl sites for hydroxylation is 1. The van der Waals surface area contributed by atoms with E-state index in [2.05, 4.69) is 30.3 Å². The van der Waals surface area contributed by atoms with Crippen LogP contribution in [0.1, 0.15) is 42.0 Å². The first-order valence-corrected chi connectivity index (χ1v) is 5.78. The number of carbonyl (C=O) groups is 1. The standard InChI is InChI=1S/C10H15N7O2/c1-4-6-12-7(10(18)19-3)8(11)17(6)5(2)9-13-15-16-14-9/h5H,4,11H2,1-3H3,(H,13,14,15,16). The molecule has 9 heteroatoms. The number of hydrogen-bond donors (Lipinski definition) is 2. The minimum atomic E-state index is -0.564. The van der Waals surface area contributed by atoms with Gasteiger partial charge in [-0.1, -0.05) is 12.1 Å². The number of methoxy groups -OCH3 is 1. The number of tetrazole rings is 1. The third-order valence-corrected chi connectivity index (χ3v) is 2.84. The molecule has 0 spiro atoms. The van der Waals surface area contributed by atoms with E-state index in [1.165, 1.54) is 7.11 Å². The molecule has 2 aromatic heterocycles. The van der Waals surface area contributed by atoms with Gasteiger partial charge < -0.3 is 15.0 Å². The van der Waals surface area contributed by atoms with Crippen LogP contribution in [0.4, 0.5) is 5.82 Å². The van der Waals surface area contributed by atoms with E-state index < -0.39 is 5.97 Å². The van der Waals surface area contributed by atoms with Gasteiger partial charge in [0.15, 0.2) is 11.5 Å². The van der Waals surface area contributed by atoms with Gasteiger partial charge in [0.1, 0.15) is 11.6 Å². The van der Waals surface area contributed by atoms with Crippen molar-refractivity contribution in [1.29, 1.82) is 0 Å². The van der Waals surface area contributed by atoms with Crippen LogP contribution in [0, 0.1) is 0 Å². The Morgan fingerprint density at radius 2 is 2.32 bits per heavy atom. The lowest BCUT2D eigenvalue weighted by molar-refractivity contribution is 0.0595. The smallest absolute Gasteiger partial charge is 0.360 e. The van der Waals surface area contributed by atoms with E-state index in [0.29, 0.717) is 18.1 Å². The second-order valence-electron chi connectivity index (χ2n) is 3.92. The molecule has 2 aromatic rings. The quantitative estimate of drug-likeness (QED) is 0.741. The number of esters is 1. The van der Waals surface area contributed by atoms with Gasteiger partial charge in [0.05, 0.1) is 13.2 Å². The van der Waals surface area contributed by atoms with Crippen LogP contribution in [-0.2, 0) is 11.2 Å². The predicted octanol–water partition coefficient (Wildman–Crippen LogP) is -0.0633. The molecular formula is C10H15N7O2. The maximum Gasteiger partial charge on any atom is 0.360 e. The average molecular weight is 265 g/mol. The summed E-state index contributed by atoms with van der Waals surface area (Å²) in [6.45, 7) is 3.77. The number of nitrogen functional groups attached to an aromatic ring is 1. The molecule has 0 aliphatic heterocycles. The number of H-pyrrole nitrogens is 1. The van der Waals surface area contributed by atoms with Gasteiger partial charge in [0, 0.05) is 6.42 Å². The van der Waals surface area contributed by atoms with Gasteiger partial charge in [-0.15, -0.1) is 10.2 Å². The van der Waals surface area contributed by atoms with Crippen LogP contribution >= 0.6 is 0 Å². The summed E-state index contributed by atoms with van der Waals surface area (Å²) in [4.78, 5) is 15.8. The SMILES string of the molecule is CCc1nc(C(=O)OC)c(N)n1C(C)c1nn[nH]n1. The van der Waals surface area contributed by atoms with Gasteiger partial charge in [-0.2, -0.15) is 5.21 Å². The number of aromatic amines is 1. The van der Waals surface area contributed by atoms with E-state index >= 15 is 0 Å². The zero-order valence-corrected chi connectivity index (χ0v) is 10.9. The third-order valence-electron chi connectivity index (χ3n) is 2.84. The molecule has 2 rings (SSSR count). The molecule has 0 saturated heterocycles. The monoisotopic (exact) mass is 265 g/mol. The second-order valence-corrected chi connectivity index (χ2v) is 3.92. The largest absolute Gasteiger partial charge is 0.464 e. The van der Waals surface area contributed by atoms with Gasteiger partial charge in [-0.05, 0) is 6.92 Å². The molecule has 9 nitrogen and oxygen atoms in total. The van der Waals surface area contributed by atoms with Crippen molar-refractivity contribution in [3.8, 4) is 0 Å². The van der Waals surface area contributed by atoms with Crippen LogP contribution < -0.4 is 5.73 Å². The second kappa shape index (κ2) is 5.04. The Bertz CT molecular complexity index is 575. The Hall–Kier alpha value is -2.45. The number of nitrogens with zero attached hydrogens (tertiary/aromatic N) is 5. The Morgan fingerprint density at radius 1 is 1.58 bits per heavy atom. The van der Waals surface area contributed by atoms with Gasteiger partial charge in [0.2, 0.25) is 0 Å². The van der Waals surface area contributed by atoms with Crippen molar-refractivity contribution in [1.82, 2.24) is 30.2 Å². The number of carbonyl (C=O) groups excluding carboxylic acids is 1. The van der Waals surface area contributed by atoms with Crippen LogP contribution in [0.25, 0.3) is 0 Å². The Morgan fingerprint density at radius 3 is 2.84 bits per heavy atom. The molecular weight excluding hydrogens is 250 g/mol.